The first kappa shape index (κ1) is 14.3. The van der Waals surface area contributed by atoms with Crippen molar-refractivity contribution in [3.8, 4) is 11.1 Å². The van der Waals surface area contributed by atoms with Crippen molar-refractivity contribution in [3.63, 3.8) is 0 Å². The monoisotopic (exact) mass is 289 g/mol. The van der Waals surface area contributed by atoms with Gasteiger partial charge in [0.05, 0.1) is 0 Å². The number of hydrogen-bond acceptors (Lipinski definition) is 2. The summed E-state index contributed by atoms with van der Waals surface area (Å²) in [5.41, 5.74) is 4.25. The van der Waals surface area contributed by atoms with E-state index in [2.05, 4.69) is 41.3 Å². The summed E-state index contributed by atoms with van der Waals surface area (Å²) in [7, 11) is 4.10. The molecule has 0 saturated carbocycles. The maximum absolute atomic E-state index is 11.4. The zero-order chi connectivity index (χ0) is 15.7. The molecule has 0 aliphatic carbocycles. The molecular formula is C20H19NO. The molecule has 3 aromatic rings. The molecule has 0 spiro atoms. The third kappa shape index (κ3) is 2.73. The molecule has 0 atom stereocenters. The van der Waals surface area contributed by atoms with Gasteiger partial charge in [0.2, 0.25) is 0 Å². The van der Waals surface area contributed by atoms with Crippen LogP contribution in [0.15, 0.2) is 60.7 Å². The summed E-state index contributed by atoms with van der Waals surface area (Å²) in [6, 6.07) is 20.7. The van der Waals surface area contributed by atoms with Gasteiger partial charge >= 0.3 is 0 Å². The van der Waals surface area contributed by atoms with E-state index in [1.807, 2.05) is 38.4 Å². The molecule has 0 bridgehead atoms. The van der Waals surface area contributed by atoms with Crippen LogP contribution in [0.4, 0.5) is 5.69 Å². The molecule has 0 saturated heterocycles. The fourth-order valence-corrected chi connectivity index (χ4v) is 2.59. The van der Waals surface area contributed by atoms with Crippen LogP contribution in [0.1, 0.15) is 17.3 Å². The predicted molar refractivity (Wildman–Crippen MR) is 93.7 cm³/mol. The van der Waals surface area contributed by atoms with Crippen molar-refractivity contribution in [2.24, 2.45) is 0 Å². The molecule has 0 unspecified atom stereocenters. The van der Waals surface area contributed by atoms with Crippen LogP contribution < -0.4 is 4.90 Å². The van der Waals surface area contributed by atoms with Gasteiger partial charge in [0.25, 0.3) is 0 Å². The number of benzene rings is 3. The molecule has 3 rings (SSSR count). The Bertz CT molecular complexity index is 832. The molecule has 0 N–H and O–H groups in total. The first-order chi connectivity index (χ1) is 10.5. The van der Waals surface area contributed by atoms with Gasteiger partial charge in [0, 0.05) is 25.3 Å². The fourth-order valence-electron chi connectivity index (χ4n) is 2.59. The minimum Gasteiger partial charge on any atom is -0.378 e. The average molecular weight is 289 g/mol. The second kappa shape index (κ2) is 5.64. The molecule has 0 aromatic heterocycles. The van der Waals surface area contributed by atoms with E-state index in [0.29, 0.717) is 0 Å². The van der Waals surface area contributed by atoms with Gasteiger partial charge in [0.1, 0.15) is 0 Å². The van der Waals surface area contributed by atoms with Crippen LogP contribution in [0.3, 0.4) is 0 Å². The van der Waals surface area contributed by atoms with E-state index in [1.54, 1.807) is 6.92 Å². The molecule has 0 aliphatic heterocycles. The van der Waals surface area contributed by atoms with E-state index in [1.165, 1.54) is 22.0 Å². The molecule has 22 heavy (non-hydrogen) atoms. The lowest BCUT2D eigenvalue weighted by molar-refractivity contribution is 0.101. The van der Waals surface area contributed by atoms with E-state index in [0.717, 1.165) is 11.1 Å². The third-order valence-corrected chi connectivity index (χ3v) is 3.96. The van der Waals surface area contributed by atoms with Gasteiger partial charge in [0.15, 0.2) is 5.78 Å². The highest BCUT2D eigenvalue weighted by Gasteiger charge is 2.03. The number of fused-ring (bicyclic) bond motifs is 1. The highest BCUT2D eigenvalue weighted by atomic mass is 16.1. The third-order valence-electron chi connectivity index (χ3n) is 3.96. The van der Waals surface area contributed by atoms with E-state index < -0.39 is 0 Å². The Balaban J connectivity index is 2.01. The number of carbonyl (C=O) groups excluding carboxylic acids is 1. The molecule has 0 amide bonds. The zero-order valence-electron chi connectivity index (χ0n) is 13.1. The van der Waals surface area contributed by atoms with Gasteiger partial charge in [-0.15, -0.1) is 0 Å². The molecule has 0 aliphatic rings. The van der Waals surface area contributed by atoms with Crippen molar-refractivity contribution in [2.45, 2.75) is 6.92 Å². The Morgan fingerprint density at radius 1 is 0.773 bits per heavy atom. The Kier molecular flexibility index (Phi) is 3.68. The van der Waals surface area contributed by atoms with Crippen LogP contribution in [0.5, 0.6) is 0 Å². The first-order valence-electron chi connectivity index (χ1n) is 7.37. The summed E-state index contributed by atoms with van der Waals surface area (Å²) < 4.78 is 0. The Morgan fingerprint density at radius 3 is 2.00 bits per heavy atom. The van der Waals surface area contributed by atoms with Crippen molar-refractivity contribution in [1.29, 1.82) is 0 Å². The van der Waals surface area contributed by atoms with Crippen LogP contribution in [-0.2, 0) is 0 Å². The standard InChI is InChI=1S/C20H19NO/c1-14(22)15-4-6-16(7-5-15)17-8-9-19-13-20(21(2)3)11-10-18(19)12-17/h4-13H,1-3H3. The molecule has 2 heteroatoms. The smallest absolute Gasteiger partial charge is 0.159 e. The molecule has 3 aromatic carbocycles. The maximum atomic E-state index is 11.4. The number of nitrogens with zero attached hydrogens (tertiary/aromatic N) is 1. The van der Waals surface area contributed by atoms with Crippen LogP contribution >= 0.6 is 0 Å². The first-order valence-corrected chi connectivity index (χ1v) is 7.37. The SMILES string of the molecule is CC(=O)c1ccc(-c2ccc3cc(N(C)C)ccc3c2)cc1. The van der Waals surface area contributed by atoms with Gasteiger partial charge < -0.3 is 4.90 Å². The Morgan fingerprint density at radius 2 is 1.36 bits per heavy atom. The van der Waals surface area contributed by atoms with Gasteiger partial charge in [-0.25, -0.2) is 0 Å². The second-order valence-electron chi connectivity index (χ2n) is 5.77. The summed E-state index contributed by atoms with van der Waals surface area (Å²) in [6.07, 6.45) is 0. The fraction of sp³-hybridized carbons (Fsp3) is 0.150. The minimum atomic E-state index is 0.0984. The molecule has 110 valence electrons. The number of ketones is 1. The van der Waals surface area contributed by atoms with E-state index >= 15 is 0 Å². The van der Waals surface area contributed by atoms with Crippen molar-refractivity contribution in [2.75, 3.05) is 19.0 Å². The molecule has 0 heterocycles. The lowest BCUT2D eigenvalue weighted by Crippen LogP contribution is -2.07. The maximum Gasteiger partial charge on any atom is 0.159 e. The van der Waals surface area contributed by atoms with E-state index in [4.69, 9.17) is 0 Å². The zero-order valence-corrected chi connectivity index (χ0v) is 13.1. The molecule has 0 radical (unpaired) electrons. The van der Waals surface area contributed by atoms with E-state index in [9.17, 15) is 4.79 Å². The number of Topliss-reactive ketones (excluding diaryl/α,β-unsaturated/α-hetero) is 1. The summed E-state index contributed by atoms with van der Waals surface area (Å²) >= 11 is 0. The van der Waals surface area contributed by atoms with Crippen molar-refractivity contribution in [3.05, 3.63) is 66.2 Å². The highest BCUT2D eigenvalue weighted by molar-refractivity contribution is 5.95. The van der Waals surface area contributed by atoms with Crippen molar-refractivity contribution in [1.82, 2.24) is 0 Å². The van der Waals surface area contributed by atoms with Crippen LogP contribution in [0.25, 0.3) is 21.9 Å². The number of hydrogen-bond donors (Lipinski definition) is 0. The largest absolute Gasteiger partial charge is 0.378 e. The van der Waals surface area contributed by atoms with Crippen LogP contribution in [0.2, 0.25) is 0 Å². The van der Waals surface area contributed by atoms with Gasteiger partial charge in [-0.3, -0.25) is 4.79 Å². The number of carbonyl (C=O) groups is 1. The second-order valence-corrected chi connectivity index (χ2v) is 5.77. The summed E-state index contributed by atoms with van der Waals surface area (Å²) in [5, 5.41) is 2.45. The van der Waals surface area contributed by atoms with Gasteiger partial charge in [-0.1, -0.05) is 42.5 Å². The highest BCUT2D eigenvalue weighted by Crippen LogP contribution is 2.27. The lowest BCUT2D eigenvalue weighted by atomic mass is 9.99. The molecular weight excluding hydrogens is 270 g/mol. The average Bonchev–Trinajstić information content (AvgIpc) is 2.54. The minimum absolute atomic E-state index is 0.0984. The topological polar surface area (TPSA) is 20.3 Å². The van der Waals surface area contributed by atoms with Crippen molar-refractivity contribution < 1.29 is 4.79 Å². The lowest BCUT2D eigenvalue weighted by Gasteiger charge is -2.13. The van der Waals surface area contributed by atoms with Crippen molar-refractivity contribution >= 4 is 22.2 Å². The van der Waals surface area contributed by atoms with E-state index in [-0.39, 0.29) is 5.78 Å². The molecule has 2 nitrogen and oxygen atoms in total. The quantitative estimate of drug-likeness (QED) is 0.647. The number of anilines is 1. The summed E-state index contributed by atoms with van der Waals surface area (Å²) in [4.78, 5) is 13.5. The van der Waals surface area contributed by atoms with Gasteiger partial charge in [-0.2, -0.15) is 0 Å². The Hall–Kier alpha value is -2.61. The van der Waals surface area contributed by atoms with Crippen LogP contribution in [0, 0.1) is 0 Å². The normalized spacial score (nSPS) is 10.7. The number of rotatable bonds is 3. The predicted octanol–water partition coefficient (Wildman–Crippen LogP) is 4.78. The Labute approximate surface area is 131 Å². The van der Waals surface area contributed by atoms with Gasteiger partial charge in [-0.05, 0) is 47.0 Å². The molecule has 0 fully saturated rings. The summed E-state index contributed by atoms with van der Waals surface area (Å²) in [5.74, 6) is 0.0984. The van der Waals surface area contributed by atoms with Crippen LogP contribution in [-0.4, -0.2) is 19.9 Å². The summed E-state index contributed by atoms with van der Waals surface area (Å²) in [6.45, 7) is 1.59.